The van der Waals surface area contributed by atoms with Crippen molar-refractivity contribution in [2.24, 2.45) is 0 Å². The lowest BCUT2D eigenvalue weighted by Gasteiger charge is -2.41. The molecule has 120 valence electrons. The molecule has 0 spiro atoms. The van der Waals surface area contributed by atoms with Gasteiger partial charge in [-0.05, 0) is 37.5 Å². The monoisotopic (exact) mass is 393 g/mol. The Kier molecular flexibility index (Phi) is 3.61. The fourth-order valence-electron chi connectivity index (χ4n) is 1.93. The van der Waals surface area contributed by atoms with Crippen LogP contribution in [0.2, 0.25) is 0 Å². The Morgan fingerprint density at radius 1 is 1.19 bits per heavy atom. The normalized spacial score (nSPS) is 19.3. The second kappa shape index (κ2) is 4.58. The third-order valence-corrected chi connectivity index (χ3v) is 4.91. The first-order valence-electron chi connectivity index (χ1n) is 6.14. The Labute approximate surface area is 126 Å². The number of nitrogens with one attached hydrogen (secondary N) is 1. The SMILES string of the molecule is O=C(CBr)c1cc(NC2CCC2)cc(S(F)(F)(F)(F)F)c1. The molecule has 0 atom stereocenters. The van der Waals surface area contributed by atoms with Crippen molar-refractivity contribution in [2.45, 2.75) is 30.2 Å². The number of alkyl halides is 1. The number of hydrogen-bond donors (Lipinski definition) is 1. The fourth-order valence-corrected chi connectivity index (χ4v) is 2.95. The quantitative estimate of drug-likeness (QED) is 0.384. The van der Waals surface area contributed by atoms with Gasteiger partial charge in [-0.25, -0.2) is 0 Å². The Morgan fingerprint density at radius 3 is 2.24 bits per heavy atom. The molecule has 1 aromatic rings. The highest BCUT2D eigenvalue weighted by atomic mass is 79.9. The van der Waals surface area contributed by atoms with Crippen molar-refractivity contribution in [1.29, 1.82) is 0 Å². The maximum absolute atomic E-state index is 13.0. The summed E-state index contributed by atoms with van der Waals surface area (Å²) in [5.41, 5.74) is -0.491. The summed E-state index contributed by atoms with van der Waals surface area (Å²) in [6.45, 7) is 0. The highest BCUT2D eigenvalue weighted by Crippen LogP contribution is 3.02. The van der Waals surface area contributed by atoms with Gasteiger partial charge in [-0.2, -0.15) is 0 Å². The van der Waals surface area contributed by atoms with Crippen LogP contribution in [0.5, 0.6) is 0 Å². The van der Waals surface area contributed by atoms with E-state index in [9.17, 15) is 24.2 Å². The molecule has 21 heavy (non-hydrogen) atoms. The van der Waals surface area contributed by atoms with Gasteiger partial charge in [-0.3, -0.25) is 4.79 Å². The lowest BCUT2D eigenvalue weighted by atomic mass is 9.93. The maximum Gasteiger partial charge on any atom is 0.310 e. The molecule has 2 nitrogen and oxygen atoms in total. The molecular weight excluding hydrogens is 381 g/mol. The molecule has 0 bridgehead atoms. The topological polar surface area (TPSA) is 29.1 Å². The van der Waals surface area contributed by atoms with Crippen molar-refractivity contribution < 1.29 is 24.2 Å². The lowest BCUT2D eigenvalue weighted by Crippen LogP contribution is -2.27. The summed E-state index contributed by atoms with van der Waals surface area (Å²) in [7, 11) is -9.82. The third-order valence-electron chi connectivity index (χ3n) is 3.27. The highest BCUT2D eigenvalue weighted by Gasteiger charge is 2.65. The van der Waals surface area contributed by atoms with Gasteiger partial charge in [0, 0.05) is 17.3 Å². The molecule has 0 aliphatic heterocycles. The first kappa shape index (κ1) is 16.5. The molecule has 1 aromatic carbocycles. The van der Waals surface area contributed by atoms with Crippen LogP contribution in [-0.2, 0) is 0 Å². The van der Waals surface area contributed by atoms with Crippen molar-refractivity contribution >= 4 is 37.6 Å². The molecule has 1 aliphatic rings. The summed E-state index contributed by atoms with van der Waals surface area (Å²) < 4.78 is 64.8. The van der Waals surface area contributed by atoms with E-state index in [1.165, 1.54) is 6.07 Å². The average molecular weight is 394 g/mol. The van der Waals surface area contributed by atoms with Crippen LogP contribution < -0.4 is 5.32 Å². The van der Waals surface area contributed by atoms with Crippen LogP contribution in [0.4, 0.5) is 25.1 Å². The smallest absolute Gasteiger partial charge is 0.310 e. The standard InChI is InChI=1S/C12H13BrF5NOS/c13-7-12(20)8-4-10(19-9-2-1-3-9)6-11(5-8)21(14,15,16,17)18/h4-6,9,19H,1-3,7H2. The number of ketones is 1. The molecule has 1 aliphatic carbocycles. The van der Waals surface area contributed by atoms with Crippen molar-refractivity contribution in [3.8, 4) is 0 Å². The van der Waals surface area contributed by atoms with E-state index in [1.54, 1.807) is 0 Å². The zero-order valence-corrected chi connectivity index (χ0v) is 13.1. The van der Waals surface area contributed by atoms with E-state index in [4.69, 9.17) is 0 Å². The minimum atomic E-state index is -9.82. The van der Waals surface area contributed by atoms with E-state index in [-0.39, 0.29) is 28.7 Å². The number of rotatable bonds is 5. The predicted octanol–water partition coefficient (Wildman–Crippen LogP) is 5.89. The minimum Gasteiger partial charge on any atom is -0.382 e. The van der Waals surface area contributed by atoms with Gasteiger partial charge < -0.3 is 5.32 Å². The zero-order valence-electron chi connectivity index (χ0n) is 10.7. The van der Waals surface area contributed by atoms with Crippen LogP contribution in [0.15, 0.2) is 23.1 Å². The number of Topliss-reactive ketones (excluding diaryl/α,β-unsaturated/α-hetero) is 1. The third kappa shape index (κ3) is 4.09. The van der Waals surface area contributed by atoms with Gasteiger partial charge in [-0.1, -0.05) is 35.4 Å². The van der Waals surface area contributed by atoms with Crippen LogP contribution in [0.1, 0.15) is 29.6 Å². The molecule has 1 fully saturated rings. The maximum atomic E-state index is 13.0. The van der Waals surface area contributed by atoms with Gasteiger partial charge in [0.05, 0.1) is 5.33 Å². The highest BCUT2D eigenvalue weighted by molar-refractivity contribution is 9.09. The molecule has 0 saturated heterocycles. The molecule has 0 heterocycles. The Hall–Kier alpha value is -0.830. The van der Waals surface area contributed by atoms with E-state index in [0.29, 0.717) is 6.07 Å². The summed E-state index contributed by atoms with van der Waals surface area (Å²) in [5, 5.41) is 2.53. The molecular formula is C12H13BrF5NOS. The zero-order chi connectivity index (χ0) is 16.0. The average Bonchev–Trinajstić information content (AvgIpc) is 2.29. The Balaban J connectivity index is 2.49. The minimum absolute atomic E-state index is 0.0364. The first-order chi connectivity index (χ1) is 9.39. The second-order valence-electron chi connectivity index (χ2n) is 5.04. The van der Waals surface area contributed by atoms with Gasteiger partial charge in [0.25, 0.3) is 0 Å². The molecule has 0 unspecified atom stereocenters. The molecule has 9 heteroatoms. The summed E-state index contributed by atoms with van der Waals surface area (Å²) in [5.74, 6) is -0.685. The van der Waals surface area contributed by atoms with E-state index in [0.717, 1.165) is 19.3 Å². The largest absolute Gasteiger partial charge is 0.382 e. The van der Waals surface area contributed by atoms with Crippen LogP contribution in [0.3, 0.4) is 0 Å². The van der Waals surface area contributed by atoms with Gasteiger partial charge >= 0.3 is 10.2 Å². The molecule has 1 N–H and O–H groups in total. The summed E-state index contributed by atoms with van der Waals surface area (Å²) in [4.78, 5) is 9.51. The van der Waals surface area contributed by atoms with E-state index >= 15 is 0 Å². The first-order valence-corrected chi connectivity index (χ1v) is 9.21. The number of halogens is 6. The van der Waals surface area contributed by atoms with Gasteiger partial charge in [0.15, 0.2) is 5.78 Å². The molecule has 0 aromatic heterocycles. The van der Waals surface area contributed by atoms with Crippen molar-refractivity contribution in [2.75, 3.05) is 10.6 Å². The van der Waals surface area contributed by atoms with Gasteiger partial charge in [0.2, 0.25) is 0 Å². The number of benzene rings is 1. The van der Waals surface area contributed by atoms with Crippen LogP contribution in [0, 0.1) is 0 Å². The second-order valence-corrected chi connectivity index (χ2v) is 8.01. The summed E-state index contributed by atoms with van der Waals surface area (Å²) in [6, 6.07) is 1.74. The number of carbonyl (C=O) groups is 1. The number of carbonyl (C=O) groups excluding carboxylic acids is 1. The van der Waals surface area contributed by atoms with E-state index < -0.39 is 20.9 Å². The molecule has 0 amide bonds. The van der Waals surface area contributed by atoms with Crippen LogP contribution in [-0.4, -0.2) is 17.2 Å². The van der Waals surface area contributed by atoms with Gasteiger partial charge in [-0.15, -0.1) is 0 Å². The van der Waals surface area contributed by atoms with Crippen LogP contribution in [0.25, 0.3) is 0 Å². The fraction of sp³-hybridized carbons (Fsp3) is 0.417. The van der Waals surface area contributed by atoms with Gasteiger partial charge in [0.1, 0.15) is 4.90 Å². The summed E-state index contributed by atoms with van der Waals surface area (Å²) in [6.07, 6.45) is 2.47. The molecule has 1 saturated carbocycles. The predicted molar refractivity (Wildman–Crippen MR) is 77.2 cm³/mol. The van der Waals surface area contributed by atoms with E-state index in [2.05, 4.69) is 21.2 Å². The summed E-state index contributed by atoms with van der Waals surface area (Å²) >= 11 is 2.82. The lowest BCUT2D eigenvalue weighted by molar-refractivity contribution is 0.102. The Bertz CT molecular complexity index is 585. The molecule has 0 radical (unpaired) electrons. The number of hydrogen-bond acceptors (Lipinski definition) is 2. The van der Waals surface area contributed by atoms with Crippen LogP contribution >= 0.6 is 26.2 Å². The van der Waals surface area contributed by atoms with Crippen molar-refractivity contribution in [1.82, 2.24) is 0 Å². The van der Waals surface area contributed by atoms with E-state index in [1.807, 2.05) is 0 Å². The number of anilines is 1. The van der Waals surface area contributed by atoms with Crippen molar-refractivity contribution in [3.63, 3.8) is 0 Å². The molecule has 2 rings (SSSR count). The van der Waals surface area contributed by atoms with Crippen molar-refractivity contribution in [3.05, 3.63) is 23.8 Å². The Morgan fingerprint density at radius 2 is 1.81 bits per heavy atom.